The molecule has 7 rings (SSSR count). The van der Waals surface area contributed by atoms with Gasteiger partial charge in [-0.05, 0) is 80.3 Å². The third kappa shape index (κ3) is 14.7. The van der Waals surface area contributed by atoms with Crippen LogP contribution in [0.1, 0.15) is 125 Å². The van der Waals surface area contributed by atoms with Crippen LogP contribution in [0.25, 0.3) is 0 Å². The van der Waals surface area contributed by atoms with Crippen molar-refractivity contribution >= 4 is 7.82 Å². The zero-order valence-electron chi connectivity index (χ0n) is 37.6. The Kier molecular flexibility index (Phi) is 19.1. The van der Waals surface area contributed by atoms with Crippen LogP contribution in [0.5, 0.6) is 5.75 Å². The first-order chi connectivity index (χ1) is 30.5. The molecular formula is C51H74N2O9P+. The number of nitrogens with one attached hydrogen (secondary N) is 1. The van der Waals surface area contributed by atoms with Crippen LogP contribution in [0.15, 0.2) is 78.9 Å². The Morgan fingerprint density at radius 2 is 1.52 bits per heavy atom. The van der Waals surface area contributed by atoms with Gasteiger partial charge in [0.2, 0.25) is 0 Å². The summed E-state index contributed by atoms with van der Waals surface area (Å²) in [7, 11) is -3.01. The molecule has 4 fully saturated rings. The van der Waals surface area contributed by atoms with Gasteiger partial charge in [0.05, 0.1) is 19.2 Å². The van der Waals surface area contributed by atoms with Gasteiger partial charge in [0, 0.05) is 57.1 Å². The van der Waals surface area contributed by atoms with Gasteiger partial charge < -0.3 is 44.0 Å². The Morgan fingerprint density at radius 3 is 2.22 bits per heavy atom. The highest BCUT2D eigenvalue weighted by atomic mass is 31.2. The fourth-order valence-corrected chi connectivity index (χ4v) is 10.4. The summed E-state index contributed by atoms with van der Waals surface area (Å²) in [6, 6.07) is 26.0. The minimum atomic E-state index is -4.75. The second-order valence-corrected chi connectivity index (χ2v) is 19.6. The van der Waals surface area contributed by atoms with Crippen molar-refractivity contribution in [3.63, 3.8) is 0 Å². The predicted molar refractivity (Wildman–Crippen MR) is 247 cm³/mol. The molecule has 12 heteroatoms. The van der Waals surface area contributed by atoms with E-state index in [9.17, 15) is 24.6 Å². The lowest BCUT2D eigenvalue weighted by atomic mass is 9.71. The molecule has 346 valence electrons. The molecule has 0 radical (unpaired) electrons. The molecule has 3 aromatic carbocycles. The Bertz CT molecular complexity index is 1900. The minimum absolute atomic E-state index is 0.0282. The van der Waals surface area contributed by atoms with Gasteiger partial charge >= 0.3 is 7.82 Å². The molecule has 3 saturated heterocycles. The fraction of sp³-hybridized carbons (Fsp3) is 0.608. The van der Waals surface area contributed by atoms with E-state index in [1.165, 1.54) is 24.8 Å². The monoisotopic (exact) mass is 890 g/mol. The number of aliphatic hydroxyl groups is 2. The molecule has 4 aliphatic rings. The largest absolute Gasteiger partial charge is 0.472 e. The fourth-order valence-electron chi connectivity index (χ4n) is 10.2. The summed E-state index contributed by atoms with van der Waals surface area (Å²) < 4.78 is 35.1. The summed E-state index contributed by atoms with van der Waals surface area (Å²) in [5.74, 6) is 7.81. The second-order valence-electron chi connectivity index (χ2n) is 18.3. The summed E-state index contributed by atoms with van der Waals surface area (Å²) in [4.78, 5) is 18.7. The van der Waals surface area contributed by atoms with Gasteiger partial charge in [-0.2, -0.15) is 0 Å². The number of phosphoric acid groups is 1. The highest BCUT2D eigenvalue weighted by Gasteiger charge is 2.56. The van der Waals surface area contributed by atoms with Crippen LogP contribution in [-0.2, 0) is 37.1 Å². The number of aryl methyl sites for hydroxylation is 1. The van der Waals surface area contributed by atoms with E-state index in [4.69, 9.17) is 14.2 Å². The lowest BCUT2D eigenvalue weighted by Gasteiger charge is -2.56. The molecule has 5 N–H and O–H groups in total. The van der Waals surface area contributed by atoms with E-state index in [1.807, 2.05) is 36.4 Å². The van der Waals surface area contributed by atoms with Crippen LogP contribution in [-0.4, -0.2) is 89.9 Å². The van der Waals surface area contributed by atoms with Gasteiger partial charge in [-0.15, -0.1) is 0 Å². The van der Waals surface area contributed by atoms with E-state index in [1.54, 1.807) is 19.2 Å². The third-order valence-corrected chi connectivity index (χ3v) is 14.3. The molecule has 63 heavy (non-hydrogen) atoms. The molecule has 11 nitrogen and oxygen atoms in total. The summed E-state index contributed by atoms with van der Waals surface area (Å²) >= 11 is 0. The van der Waals surface area contributed by atoms with Crippen molar-refractivity contribution in [1.82, 2.24) is 5.32 Å². The van der Waals surface area contributed by atoms with Crippen molar-refractivity contribution in [3.05, 3.63) is 101 Å². The highest BCUT2D eigenvalue weighted by molar-refractivity contribution is 7.46. The molecule has 3 heterocycles. The number of phosphoric ester groups is 1. The number of hydrogen-bond donors (Lipinski definition) is 5. The van der Waals surface area contributed by atoms with Crippen molar-refractivity contribution < 1.29 is 47.8 Å². The molecule has 3 aliphatic heterocycles. The predicted octanol–water partition coefficient (Wildman–Crippen LogP) is 8.73. The summed E-state index contributed by atoms with van der Waals surface area (Å²) in [6.07, 6.45) is 16.3. The van der Waals surface area contributed by atoms with Crippen LogP contribution in [0.4, 0.5) is 0 Å². The molecule has 2 bridgehead atoms. The van der Waals surface area contributed by atoms with Gasteiger partial charge in [0.15, 0.2) is 18.0 Å². The van der Waals surface area contributed by atoms with E-state index < -0.39 is 31.9 Å². The summed E-state index contributed by atoms with van der Waals surface area (Å²) in [6.45, 7) is 5.14. The number of hydrogen-bond acceptors (Lipinski definition) is 8. The molecule has 3 aromatic rings. The van der Waals surface area contributed by atoms with Gasteiger partial charge in [-0.1, -0.05) is 124 Å². The Labute approximate surface area is 376 Å². The Morgan fingerprint density at radius 1 is 0.857 bits per heavy atom. The average Bonchev–Trinajstić information content (AvgIpc) is 3.28. The standard InChI is InChI=1S/C51H73N2O9P/c1-59-50(30-31-51(55,47-24-13-8-14-25-47)46-22-11-3-2-4-12-23-46)40-53(33-28-45(50)29-34-53)39-44-37-43(26-27-49(44)61-41-62-63(56,57)58)48(54)38-52-32-16-5-6-17-35-60-36-18-15-21-42-19-9-7-10-20-42/h7-10,13-14,19-20,24-27,37,45-46,48,52,54-55H,2-6,11-12,15-18,21-23,28-29,32-36,38-41H2,1H3,(H-,56,57,58)/p+1. The van der Waals surface area contributed by atoms with Gasteiger partial charge in [0.25, 0.3) is 0 Å². The number of quaternary nitrogens is 1. The van der Waals surface area contributed by atoms with Crippen LogP contribution in [0.2, 0.25) is 0 Å². The van der Waals surface area contributed by atoms with Crippen LogP contribution >= 0.6 is 7.82 Å². The zero-order valence-corrected chi connectivity index (χ0v) is 38.5. The third-order valence-electron chi connectivity index (χ3n) is 13.9. The maximum absolute atomic E-state index is 12.6. The number of unbranched alkanes of at least 4 members (excludes halogenated alkanes) is 4. The number of benzene rings is 3. The Hall–Kier alpha value is -3.11. The molecule has 1 aliphatic carbocycles. The minimum Gasteiger partial charge on any atom is -0.466 e. The van der Waals surface area contributed by atoms with Gasteiger partial charge in [-0.25, -0.2) is 9.09 Å². The summed E-state index contributed by atoms with van der Waals surface area (Å²) in [5, 5.41) is 27.4. The molecular weight excluding hydrogens is 816 g/mol. The summed E-state index contributed by atoms with van der Waals surface area (Å²) in [5.41, 5.74) is 1.70. The first-order valence-electron chi connectivity index (χ1n) is 23.7. The van der Waals surface area contributed by atoms with E-state index in [2.05, 4.69) is 52.0 Å². The lowest BCUT2D eigenvalue weighted by molar-refractivity contribution is -0.961. The molecule has 3 atom stereocenters. The smallest absolute Gasteiger partial charge is 0.466 e. The van der Waals surface area contributed by atoms with Crippen molar-refractivity contribution in [2.45, 2.75) is 127 Å². The van der Waals surface area contributed by atoms with Crippen molar-refractivity contribution in [3.8, 4) is 17.6 Å². The number of ether oxygens (including phenoxy) is 3. The number of aliphatic hydroxyl groups excluding tert-OH is 1. The molecule has 3 unspecified atom stereocenters. The maximum Gasteiger partial charge on any atom is 0.472 e. The average molecular weight is 890 g/mol. The van der Waals surface area contributed by atoms with Gasteiger partial charge in [-0.3, -0.25) is 0 Å². The normalized spacial score (nSPS) is 23.2. The van der Waals surface area contributed by atoms with Crippen molar-refractivity contribution in [1.29, 1.82) is 0 Å². The number of fused-ring (bicyclic) bond motifs is 3. The van der Waals surface area contributed by atoms with Crippen molar-refractivity contribution in [2.24, 2.45) is 11.8 Å². The van der Waals surface area contributed by atoms with E-state index in [-0.39, 0.29) is 11.8 Å². The van der Waals surface area contributed by atoms with E-state index >= 15 is 0 Å². The quantitative estimate of drug-likeness (QED) is 0.0195. The van der Waals surface area contributed by atoms with Crippen LogP contribution in [0.3, 0.4) is 0 Å². The van der Waals surface area contributed by atoms with E-state index in [0.29, 0.717) is 29.9 Å². The Balaban J connectivity index is 1.06. The topological polar surface area (TPSA) is 147 Å². The molecule has 0 amide bonds. The van der Waals surface area contributed by atoms with Crippen molar-refractivity contribution in [2.75, 3.05) is 59.8 Å². The molecule has 1 saturated carbocycles. The highest BCUT2D eigenvalue weighted by Crippen LogP contribution is 2.45. The molecule has 0 spiro atoms. The number of rotatable bonds is 24. The van der Waals surface area contributed by atoms with Crippen LogP contribution < -0.4 is 10.1 Å². The van der Waals surface area contributed by atoms with Gasteiger partial charge in [0.1, 0.15) is 18.8 Å². The molecule has 0 aromatic heterocycles. The zero-order chi connectivity index (χ0) is 44.4. The lowest BCUT2D eigenvalue weighted by Crippen LogP contribution is -2.68. The van der Waals surface area contributed by atoms with E-state index in [0.717, 1.165) is 133 Å². The first-order valence-corrected chi connectivity index (χ1v) is 25.2. The number of nitrogens with zero attached hydrogens (tertiary/aromatic N) is 1. The van der Waals surface area contributed by atoms with Crippen LogP contribution in [0, 0.1) is 23.7 Å². The SMILES string of the molecule is COC1(C#CC(O)(c2ccccc2)C2CCCCCCC2)C[N+]2(Cc3cc(C(O)CNCCCCCCOCCCCc4ccccc4)ccc3OCOP(=O)(O)O)CCC1CC2. The second kappa shape index (κ2) is 24.4. The first kappa shape index (κ1) is 49.3. The maximum atomic E-state index is 12.6. The number of methoxy groups -OCH3 is 1. The number of piperidine rings is 3.